The number of nitro groups is 1. The van der Waals surface area contributed by atoms with Crippen molar-refractivity contribution in [3.63, 3.8) is 0 Å². The van der Waals surface area contributed by atoms with E-state index in [1.54, 1.807) is 6.21 Å². The van der Waals surface area contributed by atoms with Crippen LogP contribution in [-0.4, -0.2) is 52.7 Å². The summed E-state index contributed by atoms with van der Waals surface area (Å²) in [4.78, 5) is 32.6. The first-order valence-electron chi connectivity index (χ1n) is 9.83. The van der Waals surface area contributed by atoms with E-state index in [-0.39, 0.29) is 30.7 Å². The summed E-state index contributed by atoms with van der Waals surface area (Å²) < 4.78 is 5.05. The Morgan fingerprint density at radius 1 is 1.29 bits per heavy atom. The van der Waals surface area contributed by atoms with Gasteiger partial charge < -0.3 is 20.3 Å². The average Bonchev–Trinajstić information content (AvgIpc) is 3.23. The number of fused-ring (bicyclic) bond motifs is 1. The van der Waals surface area contributed by atoms with Gasteiger partial charge in [0.25, 0.3) is 5.69 Å². The number of benzene rings is 1. The van der Waals surface area contributed by atoms with Gasteiger partial charge in [0.1, 0.15) is 6.61 Å². The van der Waals surface area contributed by atoms with Crippen LogP contribution in [0.4, 0.5) is 16.2 Å². The van der Waals surface area contributed by atoms with Crippen molar-refractivity contribution in [2.24, 2.45) is 22.9 Å². The van der Waals surface area contributed by atoms with Gasteiger partial charge >= 0.3 is 12.0 Å². The number of carbonyl (C=O) groups excluding carboxylic acids is 1. The summed E-state index contributed by atoms with van der Waals surface area (Å²) in [7, 11) is 0. The number of hydrazone groups is 1. The number of non-ortho nitro benzene ring substituents is 1. The van der Waals surface area contributed by atoms with E-state index in [4.69, 9.17) is 9.84 Å². The van der Waals surface area contributed by atoms with E-state index < -0.39 is 23.0 Å². The van der Waals surface area contributed by atoms with Crippen LogP contribution in [0.15, 0.2) is 41.0 Å². The number of aliphatic hydroxyl groups excluding tert-OH is 1. The number of aliphatic hydroxyl groups is 1. The molecule has 0 radical (unpaired) electrons. The second-order valence-electron chi connectivity index (χ2n) is 7.63. The third-order valence-corrected chi connectivity index (χ3v) is 5.57. The predicted octanol–water partition coefficient (Wildman–Crippen LogP) is 2.14. The molecular formula is C20H24N4O7. The molecule has 11 nitrogen and oxygen atoms in total. The van der Waals surface area contributed by atoms with E-state index in [0.717, 1.165) is 12.8 Å². The molecule has 0 spiro atoms. The Labute approximate surface area is 177 Å². The molecule has 2 amide bonds. The fourth-order valence-electron chi connectivity index (χ4n) is 4.21. The van der Waals surface area contributed by atoms with Gasteiger partial charge in [0.05, 0.1) is 17.6 Å². The summed E-state index contributed by atoms with van der Waals surface area (Å²) in [5.41, 5.74) is 3.83. The van der Waals surface area contributed by atoms with Crippen molar-refractivity contribution in [3.05, 3.63) is 46.0 Å². The quantitative estimate of drug-likeness (QED) is 0.161. The van der Waals surface area contributed by atoms with E-state index in [0.29, 0.717) is 18.0 Å². The second-order valence-corrected chi connectivity index (χ2v) is 7.63. The summed E-state index contributed by atoms with van der Waals surface area (Å²) >= 11 is 0. The number of nitro benzene ring substituents is 1. The number of allylic oxidation sites excluding steroid dienone is 1. The van der Waals surface area contributed by atoms with Crippen molar-refractivity contribution in [3.8, 4) is 0 Å². The van der Waals surface area contributed by atoms with Gasteiger partial charge in [-0.3, -0.25) is 10.1 Å². The number of carboxylic acid groups (broad SMARTS) is 1. The zero-order valence-corrected chi connectivity index (χ0v) is 16.6. The molecule has 11 heteroatoms. The van der Waals surface area contributed by atoms with Crippen LogP contribution in [-0.2, 0) is 9.53 Å². The van der Waals surface area contributed by atoms with E-state index in [1.807, 2.05) is 6.08 Å². The Balaban J connectivity index is 1.48. The number of anilines is 1. The number of aliphatic carboxylic acids is 1. The largest absolute Gasteiger partial charge is 0.480 e. The molecule has 0 aromatic heterocycles. The Morgan fingerprint density at radius 2 is 2.03 bits per heavy atom. The van der Waals surface area contributed by atoms with Gasteiger partial charge in [-0.25, -0.2) is 15.0 Å². The van der Waals surface area contributed by atoms with Crippen LogP contribution < -0.4 is 10.7 Å². The molecule has 0 bridgehead atoms. The van der Waals surface area contributed by atoms with E-state index in [1.165, 1.54) is 29.8 Å². The lowest BCUT2D eigenvalue weighted by atomic mass is 9.92. The molecule has 1 aromatic rings. The Hall–Kier alpha value is -3.31. The third kappa shape index (κ3) is 6.09. The summed E-state index contributed by atoms with van der Waals surface area (Å²) in [5, 5.41) is 36.1. The minimum Gasteiger partial charge on any atom is -0.480 e. The highest BCUT2D eigenvalue weighted by molar-refractivity contribution is 5.89. The number of carboxylic acids is 1. The third-order valence-electron chi connectivity index (χ3n) is 5.57. The molecule has 2 aliphatic carbocycles. The van der Waals surface area contributed by atoms with Gasteiger partial charge in [0.2, 0.25) is 0 Å². The molecule has 0 heterocycles. The zero-order chi connectivity index (χ0) is 22.4. The molecule has 2 aliphatic rings. The fourth-order valence-corrected chi connectivity index (χ4v) is 4.21. The smallest absolute Gasteiger partial charge is 0.339 e. The maximum atomic E-state index is 12.0. The Bertz CT molecular complexity index is 884. The predicted molar refractivity (Wildman–Crippen MR) is 111 cm³/mol. The molecule has 2 fully saturated rings. The van der Waals surface area contributed by atoms with Crippen LogP contribution in [0, 0.1) is 27.9 Å². The maximum Gasteiger partial charge on any atom is 0.339 e. The van der Waals surface area contributed by atoms with Crippen LogP contribution in [0.5, 0.6) is 0 Å². The van der Waals surface area contributed by atoms with Crippen LogP contribution in [0.3, 0.4) is 0 Å². The van der Waals surface area contributed by atoms with Crippen molar-refractivity contribution in [1.29, 1.82) is 0 Å². The zero-order valence-electron chi connectivity index (χ0n) is 16.6. The number of nitrogens with zero attached hydrogens (tertiary/aromatic N) is 2. The lowest BCUT2D eigenvalue weighted by Crippen LogP contribution is -2.27. The number of hydrogen-bond acceptors (Lipinski definition) is 7. The fraction of sp³-hybridized carbons (Fsp3) is 0.450. The van der Waals surface area contributed by atoms with Crippen LogP contribution >= 0.6 is 0 Å². The summed E-state index contributed by atoms with van der Waals surface area (Å²) in [6, 6.07) is 4.80. The molecule has 2 saturated carbocycles. The molecule has 0 unspecified atom stereocenters. The minimum absolute atomic E-state index is 0.0767. The number of ether oxygens (including phenoxy) is 1. The second kappa shape index (κ2) is 10.1. The number of carbonyl (C=O) groups is 2. The Kier molecular flexibility index (Phi) is 7.32. The molecule has 0 aliphatic heterocycles. The van der Waals surface area contributed by atoms with Crippen molar-refractivity contribution >= 4 is 29.6 Å². The first-order chi connectivity index (χ1) is 14.8. The standard InChI is InChI=1S/C20H24N4O7/c25-18-9-13-7-12(5-6-31-11-19(26)27)8-16(13)17(18)10-21-23-20(28)22-14-1-3-15(4-2-14)24(29)30/h1-5,10,13,16-18,25H,6-9,11H2,(H,26,27)(H2,22,23,28)/b12-5-,21-10+/t13-,16-,17+,18+/m0/s1. The molecule has 4 N–H and O–H groups in total. The van der Waals surface area contributed by atoms with Crippen LogP contribution in [0.25, 0.3) is 0 Å². The highest BCUT2D eigenvalue weighted by Crippen LogP contribution is 2.49. The molecular weight excluding hydrogens is 408 g/mol. The van der Waals surface area contributed by atoms with E-state index in [9.17, 15) is 24.8 Å². The van der Waals surface area contributed by atoms with Crippen LogP contribution in [0.1, 0.15) is 19.3 Å². The number of amides is 2. The van der Waals surface area contributed by atoms with Crippen molar-refractivity contribution < 1.29 is 29.5 Å². The van der Waals surface area contributed by atoms with Crippen molar-refractivity contribution in [2.45, 2.75) is 25.4 Å². The normalized spacial score (nSPS) is 26.2. The summed E-state index contributed by atoms with van der Waals surface area (Å²) in [5.74, 6) is -0.697. The summed E-state index contributed by atoms with van der Waals surface area (Å²) in [6.45, 7) is -0.0923. The van der Waals surface area contributed by atoms with Gasteiger partial charge in [-0.05, 0) is 43.2 Å². The molecule has 1 aromatic carbocycles. The van der Waals surface area contributed by atoms with Gasteiger partial charge in [-0.15, -0.1) is 0 Å². The number of nitrogens with one attached hydrogen (secondary N) is 2. The van der Waals surface area contributed by atoms with Gasteiger partial charge in [-0.1, -0.05) is 11.6 Å². The topological polar surface area (TPSA) is 163 Å². The highest BCUT2D eigenvalue weighted by Gasteiger charge is 2.45. The first-order valence-corrected chi connectivity index (χ1v) is 9.83. The SMILES string of the molecule is O=C(O)COC/C=C1/C[C@H]2C[C@@H](O)[C@H](/C=N/NC(=O)Nc3ccc([N+](=O)[O-])cc3)[C@H]2C1. The highest BCUT2D eigenvalue weighted by atomic mass is 16.6. The molecule has 31 heavy (non-hydrogen) atoms. The van der Waals surface area contributed by atoms with Gasteiger partial charge in [0, 0.05) is 30.0 Å². The molecule has 166 valence electrons. The lowest BCUT2D eigenvalue weighted by molar-refractivity contribution is -0.384. The van der Waals surface area contributed by atoms with Gasteiger partial charge in [-0.2, -0.15) is 5.10 Å². The van der Waals surface area contributed by atoms with Crippen molar-refractivity contribution in [2.75, 3.05) is 18.5 Å². The first kappa shape index (κ1) is 22.4. The molecule has 3 rings (SSSR count). The van der Waals surface area contributed by atoms with Gasteiger partial charge in [0.15, 0.2) is 0 Å². The molecule has 0 saturated heterocycles. The monoisotopic (exact) mass is 432 g/mol. The number of urea groups is 1. The van der Waals surface area contributed by atoms with E-state index in [2.05, 4.69) is 15.8 Å². The maximum absolute atomic E-state index is 12.0. The lowest BCUT2D eigenvalue weighted by Gasteiger charge is -2.16. The minimum atomic E-state index is -1.01. The number of hydrogen-bond donors (Lipinski definition) is 4. The average molecular weight is 432 g/mol. The number of rotatable bonds is 8. The van der Waals surface area contributed by atoms with Crippen LogP contribution in [0.2, 0.25) is 0 Å². The molecule has 4 atom stereocenters. The van der Waals surface area contributed by atoms with E-state index >= 15 is 0 Å². The Morgan fingerprint density at radius 3 is 2.71 bits per heavy atom. The summed E-state index contributed by atoms with van der Waals surface area (Å²) in [6.07, 6.45) is 5.15. The van der Waals surface area contributed by atoms with Crippen molar-refractivity contribution in [1.82, 2.24) is 5.43 Å².